The summed E-state index contributed by atoms with van der Waals surface area (Å²) in [6.45, 7) is 7.97. The van der Waals surface area contributed by atoms with E-state index in [1.165, 1.54) is 5.56 Å². The Hall–Kier alpha value is -1.55. The summed E-state index contributed by atoms with van der Waals surface area (Å²) in [7, 11) is 0. The molecule has 132 valence electrons. The van der Waals surface area contributed by atoms with Gasteiger partial charge in [-0.05, 0) is 54.7 Å². The fraction of sp³-hybridized carbons (Fsp3) is 0.650. The van der Waals surface area contributed by atoms with Crippen molar-refractivity contribution in [2.45, 2.75) is 39.0 Å². The van der Waals surface area contributed by atoms with Gasteiger partial charge in [0, 0.05) is 26.3 Å². The molecule has 3 rings (SSSR count). The van der Waals surface area contributed by atoms with Crippen molar-refractivity contribution in [1.82, 2.24) is 4.90 Å². The van der Waals surface area contributed by atoms with Gasteiger partial charge in [0.2, 0.25) is 0 Å². The van der Waals surface area contributed by atoms with Crippen LogP contribution in [0.3, 0.4) is 0 Å². The molecule has 0 radical (unpaired) electrons. The van der Waals surface area contributed by atoms with Crippen LogP contribution in [0.4, 0.5) is 0 Å². The van der Waals surface area contributed by atoms with Crippen molar-refractivity contribution < 1.29 is 14.3 Å². The molecular formula is C20H29NO3. The van der Waals surface area contributed by atoms with Crippen LogP contribution in [-0.2, 0) is 9.53 Å². The summed E-state index contributed by atoms with van der Waals surface area (Å²) in [5.41, 5.74) is 1.24. The second-order valence-electron chi connectivity index (χ2n) is 7.35. The van der Waals surface area contributed by atoms with Gasteiger partial charge in [0.1, 0.15) is 5.75 Å². The van der Waals surface area contributed by atoms with Crippen LogP contribution in [0.1, 0.15) is 44.6 Å². The minimum absolute atomic E-state index is 0.111. The lowest BCUT2D eigenvalue weighted by molar-refractivity contribution is -0.132. The lowest BCUT2D eigenvalue weighted by Crippen LogP contribution is -2.34. The molecule has 1 aromatic rings. The molecule has 2 heterocycles. The van der Waals surface area contributed by atoms with E-state index in [9.17, 15) is 4.79 Å². The van der Waals surface area contributed by atoms with Gasteiger partial charge < -0.3 is 14.4 Å². The fourth-order valence-corrected chi connectivity index (χ4v) is 3.79. The normalized spacial score (nSPS) is 22.1. The minimum atomic E-state index is 0.111. The Morgan fingerprint density at radius 2 is 2.04 bits per heavy atom. The number of ether oxygens (including phenoxy) is 2. The Labute approximate surface area is 145 Å². The maximum absolute atomic E-state index is 12.4. The van der Waals surface area contributed by atoms with Gasteiger partial charge in [-0.3, -0.25) is 4.79 Å². The van der Waals surface area contributed by atoms with E-state index in [0.29, 0.717) is 11.8 Å². The number of hydrogen-bond donors (Lipinski definition) is 0. The van der Waals surface area contributed by atoms with Crippen molar-refractivity contribution in [2.24, 2.45) is 11.8 Å². The molecule has 1 atom stereocenters. The van der Waals surface area contributed by atoms with Gasteiger partial charge in [-0.2, -0.15) is 0 Å². The molecule has 0 saturated carbocycles. The molecule has 0 aromatic heterocycles. The Morgan fingerprint density at radius 1 is 1.25 bits per heavy atom. The van der Waals surface area contributed by atoms with Gasteiger partial charge in [0.05, 0.1) is 0 Å². The standard InChI is InChI=1S/C20H29NO3/c1-15(2)17-4-3-5-19(12-17)24-14-20(22)21-9-6-18(13-21)16-7-10-23-11-8-16/h3-5,12,15-16,18H,6-11,13-14H2,1-2H3. The van der Waals surface area contributed by atoms with Crippen molar-refractivity contribution in [2.75, 3.05) is 32.9 Å². The van der Waals surface area contributed by atoms with E-state index in [1.54, 1.807) is 0 Å². The zero-order valence-electron chi connectivity index (χ0n) is 14.9. The van der Waals surface area contributed by atoms with Crippen LogP contribution in [0.5, 0.6) is 5.75 Å². The second-order valence-corrected chi connectivity index (χ2v) is 7.35. The predicted molar refractivity (Wildman–Crippen MR) is 94.3 cm³/mol. The third kappa shape index (κ3) is 4.29. The molecule has 2 saturated heterocycles. The van der Waals surface area contributed by atoms with E-state index < -0.39 is 0 Å². The van der Waals surface area contributed by atoms with Gasteiger partial charge in [-0.25, -0.2) is 0 Å². The van der Waals surface area contributed by atoms with Crippen LogP contribution in [0, 0.1) is 11.8 Å². The van der Waals surface area contributed by atoms with Crippen LogP contribution in [0.2, 0.25) is 0 Å². The maximum Gasteiger partial charge on any atom is 0.260 e. The highest BCUT2D eigenvalue weighted by Crippen LogP contribution is 2.31. The maximum atomic E-state index is 12.4. The molecule has 4 heteroatoms. The van der Waals surface area contributed by atoms with Crippen LogP contribution in [0.25, 0.3) is 0 Å². The summed E-state index contributed by atoms with van der Waals surface area (Å²) in [4.78, 5) is 14.4. The number of nitrogens with zero attached hydrogens (tertiary/aromatic N) is 1. The molecule has 24 heavy (non-hydrogen) atoms. The molecule has 2 aliphatic rings. The summed E-state index contributed by atoms with van der Waals surface area (Å²) in [5.74, 6) is 2.72. The summed E-state index contributed by atoms with van der Waals surface area (Å²) in [5, 5.41) is 0. The number of hydrogen-bond acceptors (Lipinski definition) is 3. The third-order valence-electron chi connectivity index (χ3n) is 5.40. The lowest BCUT2D eigenvalue weighted by atomic mass is 9.85. The summed E-state index contributed by atoms with van der Waals surface area (Å²) < 4.78 is 11.2. The van der Waals surface area contributed by atoms with E-state index in [0.717, 1.165) is 57.2 Å². The number of carbonyl (C=O) groups is 1. The van der Waals surface area contributed by atoms with Gasteiger partial charge in [0.25, 0.3) is 5.91 Å². The Morgan fingerprint density at radius 3 is 2.79 bits per heavy atom. The monoisotopic (exact) mass is 331 g/mol. The molecule has 4 nitrogen and oxygen atoms in total. The molecule has 0 bridgehead atoms. The fourth-order valence-electron chi connectivity index (χ4n) is 3.79. The number of rotatable bonds is 5. The first-order valence-corrected chi connectivity index (χ1v) is 9.21. The number of carbonyl (C=O) groups excluding carboxylic acids is 1. The first-order chi connectivity index (χ1) is 11.6. The highest BCUT2D eigenvalue weighted by molar-refractivity contribution is 5.78. The van der Waals surface area contributed by atoms with Crippen molar-refractivity contribution in [3.8, 4) is 5.75 Å². The van der Waals surface area contributed by atoms with E-state index >= 15 is 0 Å². The van der Waals surface area contributed by atoms with E-state index in [2.05, 4.69) is 19.9 Å². The topological polar surface area (TPSA) is 38.8 Å². The molecule has 0 N–H and O–H groups in total. The van der Waals surface area contributed by atoms with E-state index in [-0.39, 0.29) is 12.5 Å². The molecule has 0 aliphatic carbocycles. The largest absolute Gasteiger partial charge is 0.484 e. The Balaban J connectivity index is 1.48. The zero-order valence-corrected chi connectivity index (χ0v) is 14.9. The van der Waals surface area contributed by atoms with Crippen molar-refractivity contribution >= 4 is 5.91 Å². The van der Waals surface area contributed by atoms with Gasteiger partial charge in [-0.15, -0.1) is 0 Å². The number of likely N-dealkylation sites (tertiary alicyclic amines) is 1. The summed E-state index contributed by atoms with van der Waals surface area (Å²) >= 11 is 0. The summed E-state index contributed by atoms with van der Waals surface area (Å²) in [6, 6.07) is 8.05. The molecule has 2 fully saturated rings. The minimum Gasteiger partial charge on any atom is -0.484 e. The van der Waals surface area contributed by atoms with Crippen molar-refractivity contribution in [1.29, 1.82) is 0 Å². The van der Waals surface area contributed by atoms with E-state index in [1.807, 2.05) is 23.1 Å². The average molecular weight is 331 g/mol. The van der Waals surface area contributed by atoms with Crippen molar-refractivity contribution in [3.63, 3.8) is 0 Å². The molecule has 0 spiro atoms. The third-order valence-corrected chi connectivity index (χ3v) is 5.40. The molecule has 1 amide bonds. The Kier molecular flexibility index (Phi) is 5.77. The first kappa shape index (κ1) is 17.3. The highest BCUT2D eigenvalue weighted by atomic mass is 16.5. The zero-order chi connectivity index (χ0) is 16.9. The quantitative estimate of drug-likeness (QED) is 0.829. The van der Waals surface area contributed by atoms with Gasteiger partial charge in [-0.1, -0.05) is 26.0 Å². The van der Waals surface area contributed by atoms with Crippen LogP contribution in [0.15, 0.2) is 24.3 Å². The van der Waals surface area contributed by atoms with E-state index in [4.69, 9.17) is 9.47 Å². The second kappa shape index (κ2) is 8.02. The predicted octanol–water partition coefficient (Wildman–Crippen LogP) is 3.46. The Bertz CT molecular complexity index is 552. The smallest absolute Gasteiger partial charge is 0.260 e. The lowest BCUT2D eigenvalue weighted by Gasteiger charge is -2.27. The average Bonchev–Trinajstić information content (AvgIpc) is 3.11. The first-order valence-electron chi connectivity index (χ1n) is 9.21. The summed E-state index contributed by atoms with van der Waals surface area (Å²) in [6.07, 6.45) is 3.41. The highest BCUT2D eigenvalue weighted by Gasteiger charge is 2.32. The van der Waals surface area contributed by atoms with Crippen LogP contribution in [-0.4, -0.2) is 43.7 Å². The van der Waals surface area contributed by atoms with Crippen LogP contribution >= 0.6 is 0 Å². The molecule has 1 aromatic carbocycles. The SMILES string of the molecule is CC(C)c1cccc(OCC(=O)N2CCC(C3CCOCC3)C2)c1. The van der Waals surface area contributed by atoms with Crippen LogP contribution < -0.4 is 4.74 Å². The van der Waals surface area contributed by atoms with Crippen molar-refractivity contribution in [3.05, 3.63) is 29.8 Å². The number of benzene rings is 1. The molecular weight excluding hydrogens is 302 g/mol. The van der Waals surface area contributed by atoms with Gasteiger partial charge in [0.15, 0.2) is 6.61 Å². The molecule has 2 aliphatic heterocycles. The van der Waals surface area contributed by atoms with Gasteiger partial charge >= 0.3 is 0 Å². The number of amides is 1. The molecule has 1 unspecified atom stereocenters.